The largest absolute Gasteiger partial charge is 0.278 e. The van der Waals surface area contributed by atoms with Gasteiger partial charge in [0.1, 0.15) is 5.82 Å². The van der Waals surface area contributed by atoms with Crippen molar-refractivity contribution in [1.29, 1.82) is 0 Å². The third-order valence-electron chi connectivity index (χ3n) is 12.5. The van der Waals surface area contributed by atoms with Crippen molar-refractivity contribution in [3.8, 4) is 28.3 Å². The van der Waals surface area contributed by atoms with E-state index in [0.29, 0.717) is 0 Å². The average Bonchev–Trinajstić information content (AvgIpc) is 4.02. The van der Waals surface area contributed by atoms with E-state index in [1.54, 1.807) is 0 Å². The summed E-state index contributed by atoms with van der Waals surface area (Å²) < 4.78 is 11.2. The van der Waals surface area contributed by atoms with Crippen molar-refractivity contribution < 1.29 is 0 Å². The highest BCUT2D eigenvalue weighted by Gasteiger charge is 2.48. The minimum atomic E-state index is -0.207. The van der Waals surface area contributed by atoms with Gasteiger partial charge in [-0.3, -0.25) is 17.9 Å². The molecular formula is C46H35N9. The lowest BCUT2D eigenvalue weighted by Gasteiger charge is -2.47. The van der Waals surface area contributed by atoms with Crippen LogP contribution in [0.3, 0.4) is 0 Å². The number of pyridine rings is 1. The second kappa shape index (κ2) is 10.4. The lowest BCUT2D eigenvalue weighted by atomic mass is 9.59. The molecule has 0 saturated carbocycles. The Morgan fingerprint density at radius 2 is 1.15 bits per heavy atom. The van der Waals surface area contributed by atoms with Gasteiger partial charge in [-0.05, 0) is 71.8 Å². The molecule has 12 rings (SSSR count). The van der Waals surface area contributed by atoms with Crippen molar-refractivity contribution >= 4 is 55.7 Å². The molecule has 55 heavy (non-hydrogen) atoms. The van der Waals surface area contributed by atoms with E-state index in [2.05, 4.69) is 153 Å². The summed E-state index contributed by atoms with van der Waals surface area (Å²) in [5.74, 6) is 2.48. The van der Waals surface area contributed by atoms with Crippen LogP contribution >= 0.6 is 0 Å². The summed E-state index contributed by atoms with van der Waals surface area (Å²) in [4.78, 5) is 15.3. The lowest BCUT2D eigenvalue weighted by molar-refractivity contribution is 0.276. The Morgan fingerprint density at radius 1 is 0.527 bits per heavy atom. The summed E-state index contributed by atoms with van der Waals surface area (Å²) in [6.45, 7) is 9.43. The molecule has 5 aromatic carbocycles. The van der Waals surface area contributed by atoms with E-state index < -0.39 is 0 Å². The highest BCUT2D eigenvalue weighted by Crippen LogP contribution is 2.52. The number of hydrogen-bond acceptors (Lipinski definition) is 4. The zero-order valence-corrected chi connectivity index (χ0v) is 30.8. The first-order valence-electron chi connectivity index (χ1n) is 18.8. The van der Waals surface area contributed by atoms with E-state index in [4.69, 9.17) is 20.1 Å². The van der Waals surface area contributed by atoms with Crippen LogP contribution in [0.5, 0.6) is 0 Å². The smallest absolute Gasteiger partial charge is 0.221 e. The fourth-order valence-corrected chi connectivity index (χ4v) is 9.21. The van der Waals surface area contributed by atoms with Gasteiger partial charge < -0.3 is 0 Å². The molecule has 264 valence electrons. The van der Waals surface area contributed by atoms with Gasteiger partial charge in [0, 0.05) is 22.6 Å². The van der Waals surface area contributed by atoms with E-state index in [-0.39, 0.29) is 10.8 Å². The van der Waals surface area contributed by atoms with Gasteiger partial charge in [0.05, 0.1) is 67.4 Å². The van der Waals surface area contributed by atoms with E-state index >= 15 is 0 Å². The second-order valence-electron chi connectivity index (χ2n) is 15.8. The number of imidazole rings is 4. The molecule has 6 aromatic heterocycles. The Balaban J connectivity index is 1.20. The van der Waals surface area contributed by atoms with Crippen LogP contribution in [0.1, 0.15) is 39.0 Å². The number of benzene rings is 5. The standard InChI is InChI=1S/C46H35N9/c1-45(2)31-22-21-29(24-36(31)55-42(46(45,3)4)30(27-48-55)28-14-6-5-7-15-28)51-37-25-40-39(26-38(37)52-34-18-10-8-16-32(34)49-43(51)52)53-35-19-11-9-17-33(35)50-44(53)54(40)41-20-12-13-23-47-41/h5-27H,1-4H3. The van der Waals surface area contributed by atoms with E-state index in [9.17, 15) is 0 Å². The molecule has 0 fully saturated rings. The van der Waals surface area contributed by atoms with Crippen molar-refractivity contribution in [2.24, 2.45) is 0 Å². The molecule has 0 aliphatic carbocycles. The van der Waals surface area contributed by atoms with Crippen molar-refractivity contribution in [3.63, 3.8) is 0 Å². The molecule has 0 bridgehead atoms. The maximum absolute atomic E-state index is 5.30. The Kier molecular flexibility index (Phi) is 5.73. The molecule has 1 aliphatic heterocycles. The number of nitrogens with zero attached hydrogens (tertiary/aromatic N) is 9. The molecular weight excluding hydrogens is 679 g/mol. The maximum Gasteiger partial charge on any atom is 0.221 e. The molecule has 0 atom stereocenters. The van der Waals surface area contributed by atoms with Gasteiger partial charge in [-0.25, -0.2) is 19.6 Å². The Hall–Kier alpha value is -7.00. The summed E-state index contributed by atoms with van der Waals surface area (Å²) in [6.07, 6.45) is 3.88. The number of fused-ring (bicyclic) bond motifs is 13. The van der Waals surface area contributed by atoms with Gasteiger partial charge in [-0.2, -0.15) is 5.10 Å². The number of aromatic nitrogens is 9. The first kappa shape index (κ1) is 30.5. The molecule has 0 N–H and O–H groups in total. The molecule has 11 aromatic rings. The Bertz CT molecular complexity index is 3370. The van der Waals surface area contributed by atoms with Gasteiger partial charge in [-0.1, -0.05) is 94.4 Å². The maximum atomic E-state index is 5.30. The van der Waals surface area contributed by atoms with Crippen molar-refractivity contribution in [3.05, 3.63) is 151 Å². The first-order valence-corrected chi connectivity index (χ1v) is 18.8. The fourth-order valence-electron chi connectivity index (χ4n) is 9.21. The van der Waals surface area contributed by atoms with Crippen LogP contribution in [0.25, 0.3) is 84.0 Å². The van der Waals surface area contributed by atoms with E-state index in [1.807, 2.05) is 36.7 Å². The molecule has 0 saturated heterocycles. The predicted molar refractivity (Wildman–Crippen MR) is 219 cm³/mol. The summed E-state index contributed by atoms with van der Waals surface area (Å²) in [7, 11) is 0. The van der Waals surface area contributed by atoms with E-state index in [1.165, 1.54) is 22.4 Å². The van der Waals surface area contributed by atoms with Gasteiger partial charge in [-0.15, -0.1) is 0 Å². The van der Waals surface area contributed by atoms with Crippen LogP contribution < -0.4 is 0 Å². The third-order valence-corrected chi connectivity index (χ3v) is 12.5. The van der Waals surface area contributed by atoms with Crippen LogP contribution in [0.4, 0.5) is 0 Å². The SMILES string of the molecule is CC1(C)c2ccc(-n3c4cc5c(cc4n4c6ccccc6nc34)n3c4ccccc4nc3n5-c3ccccn3)cc2-n2ncc(-c3ccccc3)c2C1(C)C. The van der Waals surface area contributed by atoms with Crippen LogP contribution in [-0.4, -0.2) is 42.7 Å². The zero-order chi connectivity index (χ0) is 36.8. The number of para-hydroxylation sites is 4. The number of rotatable bonds is 3. The first-order chi connectivity index (χ1) is 26.8. The van der Waals surface area contributed by atoms with Gasteiger partial charge in [0.2, 0.25) is 11.6 Å². The normalized spacial score (nSPS) is 14.8. The molecule has 1 aliphatic rings. The van der Waals surface area contributed by atoms with Gasteiger partial charge in [0.15, 0.2) is 0 Å². The second-order valence-corrected chi connectivity index (χ2v) is 15.8. The predicted octanol–water partition coefficient (Wildman–Crippen LogP) is 9.99. The van der Waals surface area contributed by atoms with Gasteiger partial charge in [0.25, 0.3) is 0 Å². The fraction of sp³-hybridized carbons (Fsp3) is 0.130. The molecule has 0 spiro atoms. The lowest BCUT2D eigenvalue weighted by Crippen LogP contribution is -2.46. The van der Waals surface area contributed by atoms with Gasteiger partial charge >= 0.3 is 0 Å². The summed E-state index contributed by atoms with van der Waals surface area (Å²) in [5.41, 5.74) is 14.6. The molecule has 0 unspecified atom stereocenters. The Labute approximate surface area is 315 Å². The molecule has 7 heterocycles. The average molecular weight is 714 g/mol. The van der Waals surface area contributed by atoms with Crippen LogP contribution in [0.2, 0.25) is 0 Å². The van der Waals surface area contributed by atoms with E-state index in [0.717, 1.165) is 72.9 Å². The van der Waals surface area contributed by atoms with Crippen molar-refractivity contribution in [2.75, 3.05) is 0 Å². The topological polar surface area (TPSA) is 75.2 Å². The van der Waals surface area contributed by atoms with Crippen LogP contribution in [0, 0.1) is 0 Å². The highest BCUT2D eigenvalue weighted by atomic mass is 15.3. The quantitative estimate of drug-likeness (QED) is 0.183. The molecule has 0 radical (unpaired) electrons. The Morgan fingerprint density at radius 3 is 1.84 bits per heavy atom. The molecule has 9 heteroatoms. The van der Waals surface area contributed by atoms with Crippen LogP contribution in [-0.2, 0) is 10.8 Å². The highest BCUT2D eigenvalue weighted by molar-refractivity contribution is 6.02. The third kappa shape index (κ3) is 3.81. The van der Waals surface area contributed by atoms with Crippen molar-refractivity contribution in [2.45, 2.75) is 38.5 Å². The summed E-state index contributed by atoms with van der Waals surface area (Å²) in [5, 5.41) is 5.11. The minimum absolute atomic E-state index is 0.191. The summed E-state index contributed by atoms with van der Waals surface area (Å²) in [6, 6.07) is 44.8. The zero-order valence-electron chi connectivity index (χ0n) is 30.8. The minimum Gasteiger partial charge on any atom is -0.278 e. The number of hydrogen-bond donors (Lipinski definition) is 0. The monoisotopic (exact) mass is 713 g/mol. The molecule has 9 nitrogen and oxygen atoms in total. The summed E-state index contributed by atoms with van der Waals surface area (Å²) >= 11 is 0. The molecule has 0 amide bonds. The van der Waals surface area contributed by atoms with Crippen molar-refractivity contribution in [1.82, 2.24) is 42.7 Å². The van der Waals surface area contributed by atoms with Crippen LogP contribution in [0.15, 0.2) is 140 Å².